The second-order valence-corrected chi connectivity index (χ2v) is 16.4. The number of nitrogens with zero attached hydrogens (tertiary/aromatic N) is 4. The van der Waals surface area contributed by atoms with Crippen molar-refractivity contribution in [3.63, 3.8) is 0 Å². The molecule has 6 rings (SSSR count). The molecule has 0 radical (unpaired) electrons. The Balaban J connectivity index is 1.18. The largest absolute Gasteiger partial charge is 0.396 e. The summed E-state index contributed by atoms with van der Waals surface area (Å²) in [5.74, 6) is 0.865. The molecule has 2 aliphatic rings. The topological polar surface area (TPSA) is 143 Å². The Morgan fingerprint density at radius 3 is 1.82 bits per heavy atom. The Labute approximate surface area is 338 Å². The van der Waals surface area contributed by atoms with E-state index in [1.807, 2.05) is 72.8 Å². The third kappa shape index (κ3) is 9.42. The molecule has 10 atom stereocenters. The van der Waals surface area contributed by atoms with Crippen molar-refractivity contribution in [2.24, 2.45) is 53.3 Å². The zero-order chi connectivity index (χ0) is 40.5. The lowest BCUT2D eigenvalue weighted by atomic mass is 9.63. The van der Waals surface area contributed by atoms with Crippen molar-refractivity contribution in [3.05, 3.63) is 120 Å². The summed E-state index contributed by atoms with van der Waals surface area (Å²) in [7, 11) is 0. The standard InChI is InChI=1S/C49H55N5O3/c1-31-13-20-45(41(33(31)3)21-18-39-16-14-37(28-52-39)43-11-7-5-9-35(43)26-50)47(30-56)49(57)54-48-25-32(2)34(4)42(46(48)23-24-55)22-19-40-17-15-38(29-53-40)44-12-8-6-10-36(44)27-51/h5-12,14-19,21-22,28-29,31-34,41-42,45-48,55-56H,13,20,23-25,30H2,1-4H3,(H,54,57)/b21-18+,22-19+/t31-,32-,33+,34+,41-,42-,45+,46-,47+,48+/m0/s1. The fourth-order valence-electron chi connectivity index (χ4n) is 9.43. The van der Waals surface area contributed by atoms with Crippen molar-refractivity contribution in [1.82, 2.24) is 15.3 Å². The molecular formula is C49H55N5O3. The Hall–Kier alpha value is -5.41. The van der Waals surface area contributed by atoms with Crippen LogP contribution in [0.25, 0.3) is 34.4 Å². The molecule has 2 fully saturated rings. The molecule has 8 nitrogen and oxygen atoms in total. The van der Waals surface area contributed by atoms with Gasteiger partial charge in [0.1, 0.15) is 0 Å². The number of aromatic nitrogens is 2. The number of carbonyl (C=O) groups excluding carboxylic acids is 1. The van der Waals surface area contributed by atoms with Crippen molar-refractivity contribution in [1.29, 1.82) is 10.5 Å². The van der Waals surface area contributed by atoms with Crippen LogP contribution in [0.5, 0.6) is 0 Å². The van der Waals surface area contributed by atoms with Crippen molar-refractivity contribution >= 4 is 18.1 Å². The number of nitrogens with one attached hydrogen (secondary N) is 1. The third-order valence-electron chi connectivity index (χ3n) is 13.2. The fraction of sp³-hybridized carbons (Fsp3) is 0.408. The number of aliphatic hydroxyl groups excluding tert-OH is 2. The minimum absolute atomic E-state index is 0.0117. The molecule has 2 aromatic heterocycles. The summed E-state index contributed by atoms with van der Waals surface area (Å²) in [5, 5.41) is 43.7. The highest BCUT2D eigenvalue weighted by Crippen LogP contribution is 2.45. The number of carbonyl (C=O) groups is 1. The van der Waals surface area contributed by atoms with Crippen LogP contribution in [0.15, 0.2) is 97.3 Å². The summed E-state index contributed by atoms with van der Waals surface area (Å²) in [4.78, 5) is 23.7. The molecule has 8 heteroatoms. The number of rotatable bonds is 12. The van der Waals surface area contributed by atoms with Gasteiger partial charge in [0.25, 0.3) is 0 Å². The van der Waals surface area contributed by atoms with E-state index >= 15 is 0 Å². The summed E-state index contributed by atoms with van der Waals surface area (Å²) < 4.78 is 0. The first-order chi connectivity index (χ1) is 27.7. The van der Waals surface area contributed by atoms with Gasteiger partial charge in [-0.1, -0.05) is 94.8 Å². The molecule has 57 heavy (non-hydrogen) atoms. The molecule has 0 aliphatic heterocycles. The quantitative estimate of drug-likeness (QED) is 0.131. The van der Waals surface area contributed by atoms with Crippen LogP contribution in [0, 0.1) is 75.9 Å². The van der Waals surface area contributed by atoms with Gasteiger partial charge in [0.05, 0.1) is 47.2 Å². The molecule has 2 saturated carbocycles. The lowest BCUT2D eigenvalue weighted by molar-refractivity contribution is -0.132. The average Bonchev–Trinajstić information content (AvgIpc) is 3.24. The maximum absolute atomic E-state index is 14.4. The Morgan fingerprint density at radius 2 is 1.32 bits per heavy atom. The highest BCUT2D eigenvalue weighted by molar-refractivity contribution is 5.79. The van der Waals surface area contributed by atoms with E-state index in [-0.39, 0.29) is 48.8 Å². The van der Waals surface area contributed by atoms with E-state index < -0.39 is 5.92 Å². The second-order valence-electron chi connectivity index (χ2n) is 16.4. The van der Waals surface area contributed by atoms with Gasteiger partial charge in [0, 0.05) is 47.3 Å². The number of hydrogen-bond donors (Lipinski definition) is 3. The van der Waals surface area contributed by atoms with Crippen LogP contribution in [0.4, 0.5) is 0 Å². The number of benzene rings is 2. The van der Waals surface area contributed by atoms with Crippen molar-refractivity contribution in [3.8, 4) is 34.4 Å². The number of hydrogen-bond acceptors (Lipinski definition) is 7. The van der Waals surface area contributed by atoms with Gasteiger partial charge in [-0.15, -0.1) is 0 Å². The highest BCUT2D eigenvalue weighted by Gasteiger charge is 2.44. The van der Waals surface area contributed by atoms with Crippen molar-refractivity contribution in [2.75, 3.05) is 13.2 Å². The van der Waals surface area contributed by atoms with Crippen LogP contribution in [0.2, 0.25) is 0 Å². The van der Waals surface area contributed by atoms with Gasteiger partial charge in [0.2, 0.25) is 5.91 Å². The molecule has 1 amide bonds. The van der Waals surface area contributed by atoms with Gasteiger partial charge in [0.15, 0.2) is 0 Å². The average molecular weight is 762 g/mol. The molecule has 0 saturated heterocycles. The Kier molecular flexibility index (Phi) is 13.9. The van der Waals surface area contributed by atoms with Crippen LogP contribution in [-0.2, 0) is 4.79 Å². The van der Waals surface area contributed by atoms with E-state index in [1.165, 1.54) is 0 Å². The summed E-state index contributed by atoms with van der Waals surface area (Å²) >= 11 is 0. The maximum Gasteiger partial charge on any atom is 0.225 e. The second kappa shape index (κ2) is 19.2. The number of allylic oxidation sites excluding steroid dienone is 2. The van der Waals surface area contributed by atoms with E-state index in [9.17, 15) is 25.5 Å². The van der Waals surface area contributed by atoms with Crippen LogP contribution in [0.3, 0.4) is 0 Å². The number of aliphatic hydroxyl groups is 2. The zero-order valence-corrected chi connectivity index (χ0v) is 33.5. The van der Waals surface area contributed by atoms with E-state index in [0.29, 0.717) is 41.2 Å². The van der Waals surface area contributed by atoms with Gasteiger partial charge in [-0.25, -0.2) is 0 Å². The van der Waals surface area contributed by atoms with Crippen LogP contribution in [-0.4, -0.2) is 45.3 Å². The Bertz CT molecular complexity index is 2110. The zero-order valence-electron chi connectivity index (χ0n) is 33.5. The molecule has 2 aliphatic carbocycles. The lowest BCUT2D eigenvalue weighted by Crippen LogP contribution is -2.53. The van der Waals surface area contributed by atoms with Crippen LogP contribution in [0.1, 0.15) is 75.9 Å². The summed E-state index contributed by atoms with van der Waals surface area (Å²) in [5.41, 5.74) is 6.28. The number of amides is 1. The van der Waals surface area contributed by atoms with Gasteiger partial charge in [-0.3, -0.25) is 14.8 Å². The van der Waals surface area contributed by atoms with Crippen molar-refractivity contribution < 1.29 is 15.0 Å². The number of nitriles is 2. The van der Waals surface area contributed by atoms with Gasteiger partial charge < -0.3 is 15.5 Å². The molecule has 0 unspecified atom stereocenters. The minimum atomic E-state index is -0.570. The van der Waals surface area contributed by atoms with E-state index in [0.717, 1.165) is 52.9 Å². The predicted molar refractivity (Wildman–Crippen MR) is 226 cm³/mol. The molecule has 0 spiro atoms. The highest BCUT2D eigenvalue weighted by atomic mass is 16.3. The molecule has 2 aromatic carbocycles. The molecule has 4 aromatic rings. The van der Waals surface area contributed by atoms with Gasteiger partial charge >= 0.3 is 0 Å². The van der Waals surface area contributed by atoms with Gasteiger partial charge in [-0.2, -0.15) is 10.5 Å². The monoisotopic (exact) mass is 761 g/mol. The van der Waals surface area contributed by atoms with E-state index in [2.05, 4.69) is 57.3 Å². The normalized spacial score (nSPS) is 26.8. The van der Waals surface area contributed by atoms with Gasteiger partial charge in [-0.05, 0) is 103 Å². The maximum atomic E-state index is 14.4. The van der Waals surface area contributed by atoms with E-state index in [1.54, 1.807) is 24.5 Å². The summed E-state index contributed by atoms with van der Waals surface area (Å²) in [6.07, 6.45) is 15.2. The first-order valence-corrected chi connectivity index (χ1v) is 20.5. The molecular weight excluding hydrogens is 707 g/mol. The first kappa shape index (κ1) is 41.2. The first-order valence-electron chi connectivity index (χ1n) is 20.5. The van der Waals surface area contributed by atoms with Crippen LogP contribution < -0.4 is 5.32 Å². The molecule has 0 bridgehead atoms. The lowest BCUT2D eigenvalue weighted by Gasteiger charge is -2.46. The SMILES string of the molecule is C[C@H]1[C@H](/C=C/c2ccc(-c3ccccc3C#N)cn2)[C@H]([C@@H](CO)C(=O)N[C@@H]2C[C@H](C)[C@@H](C)[C@H](/C=C/c3ccc(-c4ccccc4C#N)cn3)[C@@H]2CCO)CC[C@@H]1C. The third-order valence-corrected chi connectivity index (χ3v) is 13.2. The van der Waals surface area contributed by atoms with Crippen molar-refractivity contribution in [2.45, 2.75) is 59.4 Å². The Morgan fingerprint density at radius 1 is 0.772 bits per heavy atom. The number of pyridine rings is 2. The molecule has 2 heterocycles. The minimum Gasteiger partial charge on any atom is -0.396 e. The summed E-state index contributed by atoms with van der Waals surface area (Å²) in [6, 6.07) is 27.3. The van der Waals surface area contributed by atoms with E-state index in [4.69, 9.17) is 9.97 Å². The van der Waals surface area contributed by atoms with Crippen LogP contribution >= 0.6 is 0 Å². The predicted octanol–water partition coefficient (Wildman–Crippen LogP) is 8.96. The molecule has 294 valence electrons. The fourth-order valence-corrected chi connectivity index (χ4v) is 9.43. The molecule has 3 N–H and O–H groups in total. The smallest absolute Gasteiger partial charge is 0.225 e. The summed E-state index contributed by atoms with van der Waals surface area (Å²) in [6.45, 7) is 8.78.